The minimum absolute atomic E-state index is 0.00530. The quantitative estimate of drug-likeness (QED) is 0.326. The first-order valence-corrected chi connectivity index (χ1v) is 13.1. The zero-order valence-corrected chi connectivity index (χ0v) is 20.4. The third-order valence-electron chi connectivity index (χ3n) is 5.72. The van der Waals surface area contributed by atoms with Crippen LogP contribution in [0.3, 0.4) is 0 Å². The average molecular weight is 492 g/mol. The van der Waals surface area contributed by atoms with Gasteiger partial charge in [0.05, 0.1) is 17.2 Å². The largest absolute Gasteiger partial charge is 0.492 e. The standard InChI is InChI=1S/C27H29N3O4S/c1-21-26(24-14-8-9-15-25(24)30(21)20-22-10-4-2-5-11-22)35(32,33)19-17-29-27(31)28-16-18-34-23-12-6-3-7-13-23/h2-15H,16-20H2,1H3,(H2,28,29,31). The Morgan fingerprint density at radius 3 is 2.23 bits per heavy atom. The van der Waals surface area contributed by atoms with Crippen molar-refractivity contribution < 1.29 is 17.9 Å². The summed E-state index contributed by atoms with van der Waals surface area (Å²) in [7, 11) is -3.63. The number of benzene rings is 3. The second-order valence-electron chi connectivity index (χ2n) is 8.17. The van der Waals surface area contributed by atoms with E-state index < -0.39 is 15.9 Å². The molecule has 7 nitrogen and oxygen atoms in total. The Hall–Kier alpha value is -3.78. The first-order valence-electron chi connectivity index (χ1n) is 11.5. The number of carbonyl (C=O) groups is 1. The molecule has 0 fully saturated rings. The molecule has 182 valence electrons. The van der Waals surface area contributed by atoms with Gasteiger partial charge < -0.3 is 19.9 Å². The molecule has 4 aromatic rings. The Morgan fingerprint density at radius 2 is 1.49 bits per heavy atom. The molecule has 0 aliphatic rings. The van der Waals surface area contributed by atoms with E-state index in [2.05, 4.69) is 10.6 Å². The molecular weight excluding hydrogens is 462 g/mol. The molecule has 0 spiro atoms. The van der Waals surface area contributed by atoms with Crippen LogP contribution in [-0.2, 0) is 16.4 Å². The van der Waals surface area contributed by atoms with Crippen molar-refractivity contribution in [2.45, 2.75) is 18.4 Å². The predicted octanol–water partition coefficient (Wildman–Crippen LogP) is 4.15. The van der Waals surface area contributed by atoms with E-state index in [4.69, 9.17) is 4.74 Å². The fourth-order valence-electron chi connectivity index (χ4n) is 4.08. The maximum Gasteiger partial charge on any atom is 0.314 e. The summed E-state index contributed by atoms with van der Waals surface area (Å²) in [6, 6.07) is 26.4. The molecule has 0 unspecified atom stereocenters. The summed E-state index contributed by atoms with van der Waals surface area (Å²) in [5, 5.41) is 6.00. The van der Waals surface area contributed by atoms with Crippen LogP contribution >= 0.6 is 0 Å². The smallest absolute Gasteiger partial charge is 0.314 e. The summed E-state index contributed by atoms with van der Waals surface area (Å²) in [5.74, 6) is 0.531. The Bertz CT molecular complexity index is 1380. The molecular formula is C27H29N3O4S. The van der Waals surface area contributed by atoms with Gasteiger partial charge >= 0.3 is 6.03 Å². The summed E-state index contributed by atoms with van der Waals surface area (Å²) in [6.45, 7) is 3.04. The summed E-state index contributed by atoms with van der Waals surface area (Å²) in [4.78, 5) is 12.4. The Morgan fingerprint density at radius 1 is 0.857 bits per heavy atom. The highest BCUT2D eigenvalue weighted by Crippen LogP contribution is 2.31. The fraction of sp³-hybridized carbons (Fsp3) is 0.222. The number of aromatic nitrogens is 1. The number of fused-ring (bicyclic) bond motifs is 1. The lowest BCUT2D eigenvalue weighted by Gasteiger charge is -2.11. The number of sulfone groups is 1. The van der Waals surface area contributed by atoms with Crippen molar-refractivity contribution in [3.63, 3.8) is 0 Å². The zero-order chi connectivity index (χ0) is 24.7. The van der Waals surface area contributed by atoms with Crippen LogP contribution < -0.4 is 15.4 Å². The van der Waals surface area contributed by atoms with Gasteiger partial charge in [0.2, 0.25) is 0 Å². The normalized spacial score (nSPS) is 11.3. The molecule has 1 aromatic heterocycles. The van der Waals surface area contributed by atoms with Crippen molar-refractivity contribution in [2.24, 2.45) is 0 Å². The van der Waals surface area contributed by atoms with Gasteiger partial charge in [-0.15, -0.1) is 0 Å². The molecule has 3 aromatic carbocycles. The second-order valence-corrected chi connectivity index (χ2v) is 10.2. The van der Waals surface area contributed by atoms with Crippen LogP contribution in [0, 0.1) is 6.92 Å². The molecule has 8 heteroatoms. The van der Waals surface area contributed by atoms with E-state index in [1.165, 1.54) is 0 Å². The summed E-state index contributed by atoms with van der Waals surface area (Å²) in [6.07, 6.45) is 0. The number of nitrogens with one attached hydrogen (secondary N) is 2. The molecule has 2 amide bonds. The number of amides is 2. The van der Waals surface area contributed by atoms with Crippen LogP contribution in [0.15, 0.2) is 89.8 Å². The van der Waals surface area contributed by atoms with Gasteiger partial charge in [0.1, 0.15) is 12.4 Å². The minimum Gasteiger partial charge on any atom is -0.492 e. The number of hydrogen-bond acceptors (Lipinski definition) is 4. The van der Waals surface area contributed by atoms with Crippen molar-refractivity contribution in [1.82, 2.24) is 15.2 Å². The van der Waals surface area contributed by atoms with Crippen LogP contribution in [0.4, 0.5) is 4.79 Å². The van der Waals surface area contributed by atoms with Gasteiger partial charge in [0.15, 0.2) is 9.84 Å². The summed E-state index contributed by atoms with van der Waals surface area (Å²) in [5.41, 5.74) is 2.66. The van der Waals surface area contributed by atoms with E-state index >= 15 is 0 Å². The van der Waals surface area contributed by atoms with Gasteiger partial charge in [0.25, 0.3) is 0 Å². The Labute approximate surface area is 205 Å². The molecule has 0 aliphatic carbocycles. The highest BCUT2D eigenvalue weighted by Gasteiger charge is 2.25. The average Bonchev–Trinajstić information content (AvgIpc) is 3.15. The van der Waals surface area contributed by atoms with Crippen molar-refractivity contribution >= 4 is 26.8 Å². The van der Waals surface area contributed by atoms with E-state index in [1.807, 2.05) is 96.4 Å². The van der Waals surface area contributed by atoms with Gasteiger partial charge in [-0.05, 0) is 30.7 Å². The molecule has 4 rings (SSSR count). The topological polar surface area (TPSA) is 89.4 Å². The summed E-state index contributed by atoms with van der Waals surface area (Å²) < 4.78 is 34.2. The third-order valence-corrected chi connectivity index (χ3v) is 7.60. The van der Waals surface area contributed by atoms with E-state index in [0.29, 0.717) is 35.7 Å². The lowest BCUT2D eigenvalue weighted by Crippen LogP contribution is -2.39. The molecule has 0 bridgehead atoms. The fourth-order valence-corrected chi connectivity index (χ4v) is 5.72. The van der Waals surface area contributed by atoms with Crippen LogP contribution in [-0.4, -0.2) is 44.5 Å². The lowest BCUT2D eigenvalue weighted by atomic mass is 10.2. The Balaban J connectivity index is 1.37. The number of rotatable bonds is 10. The monoisotopic (exact) mass is 491 g/mol. The lowest BCUT2D eigenvalue weighted by molar-refractivity contribution is 0.237. The van der Waals surface area contributed by atoms with Crippen molar-refractivity contribution in [1.29, 1.82) is 0 Å². The van der Waals surface area contributed by atoms with Crippen LogP contribution in [0.2, 0.25) is 0 Å². The third kappa shape index (κ3) is 6.02. The maximum atomic E-state index is 13.3. The molecule has 0 atom stereocenters. The molecule has 1 heterocycles. The van der Waals surface area contributed by atoms with Crippen LogP contribution in [0.5, 0.6) is 5.75 Å². The predicted molar refractivity (Wildman–Crippen MR) is 138 cm³/mol. The van der Waals surface area contributed by atoms with Crippen LogP contribution in [0.25, 0.3) is 10.9 Å². The molecule has 0 aliphatic heterocycles. The minimum atomic E-state index is -3.63. The van der Waals surface area contributed by atoms with Gasteiger partial charge in [-0.1, -0.05) is 66.7 Å². The first kappa shape index (κ1) is 24.3. The molecule has 0 saturated carbocycles. The van der Waals surface area contributed by atoms with Crippen molar-refractivity contribution in [2.75, 3.05) is 25.4 Å². The highest BCUT2D eigenvalue weighted by atomic mass is 32.2. The van der Waals surface area contributed by atoms with Gasteiger partial charge in [0, 0.05) is 29.7 Å². The number of ether oxygens (including phenoxy) is 1. The van der Waals surface area contributed by atoms with Crippen molar-refractivity contribution in [3.05, 3.63) is 96.2 Å². The second kappa shape index (κ2) is 11.1. The van der Waals surface area contributed by atoms with E-state index in [9.17, 15) is 13.2 Å². The Kier molecular flexibility index (Phi) is 7.72. The molecule has 0 saturated heterocycles. The molecule has 2 N–H and O–H groups in total. The van der Waals surface area contributed by atoms with Crippen LogP contribution in [0.1, 0.15) is 11.3 Å². The molecule has 35 heavy (non-hydrogen) atoms. The van der Waals surface area contributed by atoms with Gasteiger partial charge in [-0.2, -0.15) is 0 Å². The number of urea groups is 1. The zero-order valence-electron chi connectivity index (χ0n) is 19.6. The number of nitrogens with zero attached hydrogens (tertiary/aromatic N) is 1. The number of carbonyl (C=O) groups excluding carboxylic acids is 1. The van der Waals surface area contributed by atoms with Crippen molar-refractivity contribution in [3.8, 4) is 5.75 Å². The SMILES string of the molecule is Cc1c(S(=O)(=O)CCNC(=O)NCCOc2ccccc2)c2ccccc2n1Cc1ccccc1. The number of hydrogen-bond donors (Lipinski definition) is 2. The van der Waals surface area contributed by atoms with Gasteiger partial charge in [-0.25, -0.2) is 13.2 Å². The van der Waals surface area contributed by atoms with Gasteiger partial charge in [-0.3, -0.25) is 0 Å². The van der Waals surface area contributed by atoms with E-state index in [1.54, 1.807) is 0 Å². The highest BCUT2D eigenvalue weighted by molar-refractivity contribution is 7.91. The summed E-state index contributed by atoms with van der Waals surface area (Å²) >= 11 is 0. The van der Waals surface area contributed by atoms with E-state index in [0.717, 1.165) is 16.8 Å². The molecule has 0 radical (unpaired) electrons. The van der Waals surface area contributed by atoms with E-state index in [-0.39, 0.29) is 12.3 Å². The number of para-hydroxylation sites is 2. The first-order chi connectivity index (χ1) is 17.0. The maximum absolute atomic E-state index is 13.3.